The number of carbonyl (C=O) groups excluding carboxylic acids is 2. The van der Waals surface area contributed by atoms with Crippen molar-refractivity contribution in [2.75, 3.05) is 31.1 Å². The highest BCUT2D eigenvalue weighted by Crippen LogP contribution is 2.30. The lowest BCUT2D eigenvalue weighted by molar-refractivity contribution is -0.123. The number of anilines is 1. The molecule has 2 aliphatic rings. The molecule has 2 saturated heterocycles. The third kappa shape index (κ3) is 3.66. The normalized spacial score (nSPS) is 21.4. The van der Waals surface area contributed by atoms with Gasteiger partial charge in [0.15, 0.2) is 0 Å². The molecular formula is C22H25N3O4S. The molecule has 30 heavy (non-hydrogen) atoms. The fourth-order valence-electron chi connectivity index (χ4n) is 4.21. The van der Waals surface area contributed by atoms with E-state index in [9.17, 15) is 18.0 Å². The molecule has 2 amide bonds. The van der Waals surface area contributed by atoms with Crippen LogP contribution in [0.5, 0.6) is 0 Å². The monoisotopic (exact) mass is 427 g/mol. The van der Waals surface area contributed by atoms with Crippen molar-refractivity contribution in [2.24, 2.45) is 0 Å². The molecule has 2 aromatic rings. The molecule has 7 nitrogen and oxygen atoms in total. The largest absolute Gasteiger partial charge is 0.289 e. The van der Waals surface area contributed by atoms with Crippen molar-refractivity contribution in [1.82, 2.24) is 9.21 Å². The fraction of sp³-hybridized carbons (Fsp3) is 0.364. The number of hydrogen-bond acceptors (Lipinski definition) is 5. The summed E-state index contributed by atoms with van der Waals surface area (Å²) >= 11 is 0. The van der Waals surface area contributed by atoms with Gasteiger partial charge in [-0.25, -0.2) is 13.3 Å². The summed E-state index contributed by atoms with van der Waals surface area (Å²) in [6.45, 7) is 5.27. The van der Waals surface area contributed by atoms with Crippen LogP contribution < -0.4 is 4.90 Å². The predicted molar refractivity (Wildman–Crippen MR) is 114 cm³/mol. The van der Waals surface area contributed by atoms with Crippen LogP contribution >= 0.6 is 0 Å². The van der Waals surface area contributed by atoms with Crippen LogP contribution in [-0.2, 0) is 19.6 Å². The number of rotatable bonds is 4. The van der Waals surface area contributed by atoms with E-state index in [-0.39, 0.29) is 23.1 Å². The summed E-state index contributed by atoms with van der Waals surface area (Å²) in [5.41, 5.74) is 2.59. The molecule has 0 bridgehead atoms. The average Bonchev–Trinajstić information content (AvgIpc) is 3.03. The SMILES string of the molecule is Cc1ccc(N2C(=O)C[C@H](N3CCN(S(=O)(=O)c4ccccc4)CC3)C2=O)c(C)c1. The van der Waals surface area contributed by atoms with Gasteiger partial charge in [0.2, 0.25) is 15.9 Å². The van der Waals surface area contributed by atoms with Crippen molar-refractivity contribution >= 4 is 27.5 Å². The van der Waals surface area contributed by atoms with E-state index < -0.39 is 16.1 Å². The van der Waals surface area contributed by atoms with Crippen LogP contribution in [0, 0.1) is 13.8 Å². The Morgan fingerprint density at radius 3 is 2.20 bits per heavy atom. The lowest BCUT2D eigenvalue weighted by Crippen LogP contribution is -2.53. The molecule has 1 atom stereocenters. The quantitative estimate of drug-likeness (QED) is 0.697. The van der Waals surface area contributed by atoms with Gasteiger partial charge >= 0.3 is 0 Å². The Bertz CT molecular complexity index is 1080. The Balaban J connectivity index is 1.47. The highest BCUT2D eigenvalue weighted by Gasteiger charge is 2.44. The van der Waals surface area contributed by atoms with Gasteiger partial charge in [0, 0.05) is 26.2 Å². The third-order valence-corrected chi connectivity index (χ3v) is 7.72. The summed E-state index contributed by atoms with van der Waals surface area (Å²) in [6.07, 6.45) is 0.123. The second-order valence-electron chi connectivity index (χ2n) is 7.83. The zero-order valence-corrected chi connectivity index (χ0v) is 17.9. The molecule has 158 valence electrons. The first-order valence-corrected chi connectivity index (χ1v) is 11.5. The molecule has 0 unspecified atom stereocenters. The maximum atomic E-state index is 13.1. The summed E-state index contributed by atoms with van der Waals surface area (Å²) in [5, 5.41) is 0. The topological polar surface area (TPSA) is 78.0 Å². The summed E-state index contributed by atoms with van der Waals surface area (Å²) in [4.78, 5) is 29.2. The number of piperazine rings is 1. The maximum Gasteiger partial charge on any atom is 0.251 e. The van der Waals surface area contributed by atoms with E-state index in [1.165, 1.54) is 9.21 Å². The van der Waals surface area contributed by atoms with E-state index in [4.69, 9.17) is 0 Å². The van der Waals surface area contributed by atoms with Crippen LogP contribution in [0.15, 0.2) is 53.4 Å². The number of hydrogen-bond donors (Lipinski definition) is 0. The first-order chi connectivity index (χ1) is 14.3. The Kier molecular flexibility index (Phi) is 5.48. The van der Waals surface area contributed by atoms with Gasteiger partial charge in [-0.3, -0.25) is 14.5 Å². The molecule has 2 heterocycles. The van der Waals surface area contributed by atoms with Gasteiger partial charge in [0.05, 0.1) is 23.0 Å². The van der Waals surface area contributed by atoms with Crippen LogP contribution in [0.3, 0.4) is 0 Å². The fourth-order valence-corrected chi connectivity index (χ4v) is 5.65. The van der Waals surface area contributed by atoms with E-state index in [0.29, 0.717) is 31.9 Å². The van der Waals surface area contributed by atoms with E-state index >= 15 is 0 Å². The third-order valence-electron chi connectivity index (χ3n) is 5.81. The number of nitrogens with zero attached hydrogens (tertiary/aromatic N) is 3. The number of imide groups is 1. The Morgan fingerprint density at radius 1 is 0.900 bits per heavy atom. The molecule has 0 radical (unpaired) electrons. The minimum Gasteiger partial charge on any atom is -0.289 e. The summed E-state index contributed by atoms with van der Waals surface area (Å²) in [5.74, 6) is -0.442. The number of sulfonamides is 1. The van der Waals surface area contributed by atoms with Gasteiger partial charge in [-0.05, 0) is 37.6 Å². The Labute approximate surface area is 176 Å². The molecule has 2 aromatic carbocycles. The summed E-state index contributed by atoms with van der Waals surface area (Å²) in [7, 11) is -3.55. The second-order valence-corrected chi connectivity index (χ2v) is 9.77. The highest BCUT2D eigenvalue weighted by molar-refractivity contribution is 7.89. The van der Waals surface area contributed by atoms with Crippen LogP contribution in [0.1, 0.15) is 17.5 Å². The zero-order chi connectivity index (χ0) is 21.5. The van der Waals surface area contributed by atoms with Crippen LogP contribution in [0.25, 0.3) is 0 Å². The minimum absolute atomic E-state index is 0.123. The molecule has 4 rings (SSSR count). The number of benzene rings is 2. The van der Waals surface area contributed by atoms with Crippen LogP contribution in [0.2, 0.25) is 0 Å². The molecule has 8 heteroatoms. The van der Waals surface area contributed by atoms with Gasteiger partial charge < -0.3 is 0 Å². The van der Waals surface area contributed by atoms with E-state index in [0.717, 1.165) is 11.1 Å². The average molecular weight is 428 g/mol. The van der Waals surface area contributed by atoms with E-state index in [2.05, 4.69) is 0 Å². The Morgan fingerprint density at radius 2 is 1.57 bits per heavy atom. The standard InChI is InChI=1S/C22H25N3O4S/c1-16-8-9-19(17(2)14-16)25-21(26)15-20(22(25)27)23-10-12-24(13-11-23)30(28,29)18-6-4-3-5-7-18/h3-9,14,20H,10-13,15H2,1-2H3/t20-/m0/s1. The van der Waals surface area contributed by atoms with E-state index in [1.54, 1.807) is 30.3 Å². The second kappa shape index (κ2) is 7.94. The molecule has 0 aliphatic carbocycles. The van der Waals surface area contributed by atoms with Crippen molar-refractivity contribution in [3.05, 3.63) is 59.7 Å². The van der Waals surface area contributed by atoms with Crippen molar-refractivity contribution in [3.8, 4) is 0 Å². The highest BCUT2D eigenvalue weighted by atomic mass is 32.2. The minimum atomic E-state index is -3.55. The lowest BCUT2D eigenvalue weighted by atomic mass is 10.1. The molecular weight excluding hydrogens is 402 g/mol. The first kappa shape index (κ1) is 20.7. The number of carbonyl (C=O) groups is 2. The van der Waals surface area contributed by atoms with E-state index in [1.807, 2.05) is 36.9 Å². The predicted octanol–water partition coefficient (Wildman–Crippen LogP) is 1.94. The van der Waals surface area contributed by atoms with Gasteiger partial charge in [0.1, 0.15) is 0 Å². The van der Waals surface area contributed by atoms with Crippen molar-refractivity contribution < 1.29 is 18.0 Å². The van der Waals surface area contributed by atoms with Gasteiger partial charge in [-0.2, -0.15) is 4.31 Å². The van der Waals surface area contributed by atoms with Crippen LogP contribution in [0.4, 0.5) is 5.69 Å². The van der Waals surface area contributed by atoms with Crippen LogP contribution in [-0.4, -0.2) is 61.7 Å². The summed E-state index contributed by atoms with van der Waals surface area (Å²) in [6, 6.07) is 13.5. The lowest BCUT2D eigenvalue weighted by Gasteiger charge is -2.36. The first-order valence-electron chi connectivity index (χ1n) is 10.0. The molecule has 0 spiro atoms. The van der Waals surface area contributed by atoms with Gasteiger partial charge in [-0.1, -0.05) is 35.9 Å². The number of amides is 2. The maximum absolute atomic E-state index is 13.1. The molecule has 2 fully saturated rings. The van der Waals surface area contributed by atoms with Crippen molar-refractivity contribution in [3.63, 3.8) is 0 Å². The Hall–Kier alpha value is -2.55. The smallest absolute Gasteiger partial charge is 0.251 e. The molecule has 2 aliphatic heterocycles. The zero-order valence-electron chi connectivity index (χ0n) is 17.1. The van der Waals surface area contributed by atoms with Crippen molar-refractivity contribution in [1.29, 1.82) is 0 Å². The van der Waals surface area contributed by atoms with Crippen molar-refractivity contribution in [2.45, 2.75) is 31.2 Å². The van der Waals surface area contributed by atoms with Gasteiger partial charge in [0.25, 0.3) is 5.91 Å². The molecule has 0 aromatic heterocycles. The number of aryl methyl sites for hydroxylation is 2. The van der Waals surface area contributed by atoms with Gasteiger partial charge in [-0.15, -0.1) is 0 Å². The molecule has 0 N–H and O–H groups in total. The molecule has 0 saturated carbocycles. The summed E-state index contributed by atoms with van der Waals surface area (Å²) < 4.78 is 27.1.